The van der Waals surface area contributed by atoms with Crippen molar-refractivity contribution in [1.29, 1.82) is 0 Å². The fourth-order valence-corrected chi connectivity index (χ4v) is 3.87. The number of furan rings is 1. The zero-order valence-corrected chi connectivity index (χ0v) is 13.7. The monoisotopic (exact) mass is 361 g/mol. The Morgan fingerprint density at radius 1 is 0.739 bits per heavy atom. The number of fused-ring (bicyclic) bond motifs is 5. The number of rotatable bonds is 1. The zero-order valence-electron chi connectivity index (χ0n) is 12.2. The predicted molar refractivity (Wildman–Crippen MR) is 98.3 cm³/mol. The van der Waals surface area contributed by atoms with Crippen LogP contribution >= 0.6 is 15.9 Å². The van der Waals surface area contributed by atoms with Gasteiger partial charge in [-0.15, -0.1) is 0 Å². The summed E-state index contributed by atoms with van der Waals surface area (Å²) in [6.07, 6.45) is 0. The van der Waals surface area contributed by atoms with Crippen molar-refractivity contribution >= 4 is 48.9 Å². The number of para-hydroxylation sites is 2. The van der Waals surface area contributed by atoms with Crippen LogP contribution in [-0.4, -0.2) is 4.57 Å². The molecule has 0 unspecified atom stereocenters. The van der Waals surface area contributed by atoms with Gasteiger partial charge in [-0.1, -0.05) is 58.4 Å². The molecule has 0 saturated heterocycles. The zero-order chi connectivity index (χ0) is 15.4. The molecule has 3 aromatic carbocycles. The van der Waals surface area contributed by atoms with Gasteiger partial charge in [0, 0.05) is 20.9 Å². The van der Waals surface area contributed by atoms with Crippen LogP contribution in [0.4, 0.5) is 0 Å². The van der Waals surface area contributed by atoms with Gasteiger partial charge in [0.25, 0.3) is 0 Å². The average molecular weight is 362 g/mol. The third-order valence-corrected chi connectivity index (χ3v) is 4.94. The van der Waals surface area contributed by atoms with Crippen molar-refractivity contribution in [3.63, 3.8) is 0 Å². The van der Waals surface area contributed by atoms with Gasteiger partial charge in [0.05, 0.1) is 10.9 Å². The minimum Gasteiger partial charge on any atom is -0.439 e. The highest BCUT2D eigenvalue weighted by atomic mass is 79.9. The molecule has 2 heterocycles. The smallest absolute Gasteiger partial charge is 0.213 e. The molecule has 3 heteroatoms. The second-order valence-electron chi connectivity index (χ2n) is 5.58. The van der Waals surface area contributed by atoms with Gasteiger partial charge in [-0.05, 0) is 30.3 Å². The van der Waals surface area contributed by atoms with E-state index in [-0.39, 0.29) is 0 Å². The summed E-state index contributed by atoms with van der Waals surface area (Å²) in [6.45, 7) is 0. The van der Waals surface area contributed by atoms with Crippen LogP contribution in [0.5, 0.6) is 0 Å². The summed E-state index contributed by atoms with van der Waals surface area (Å²) in [4.78, 5) is 0. The van der Waals surface area contributed by atoms with Crippen LogP contribution in [-0.2, 0) is 0 Å². The van der Waals surface area contributed by atoms with E-state index in [1.54, 1.807) is 0 Å². The molecule has 0 radical (unpaired) electrons. The molecule has 5 aromatic rings. The van der Waals surface area contributed by atoms with Crippen LogP contribution in [0.15, 0.2) is 81.7 Å². The van der Waals surface area contributed by atoms with Gasteiger partial charge in [-0.3, -0.25) is 4.57 Å². The SMILES string of the molecule is Brc1cccc2c1c1c3ccccc3oc1n2-c1ccccc1. The maximum Gasteiger partial charge on any atom is 0.213 e. The Hall–Kier alpha value is -2.52. The van der Waals surface area contributed by atoms with Crippen LogP contribution < -0.4 is 0 Å². The first-order valence-electron chi connectivity index (χ1n) is 7.50. The van der Waals surface area contributed by atoms with Crippen LogP contribution in [0.1, 0.15) is 0 Å². The number of benzene rings is 3. The standard InChI is InChI=1S/C20H12BrNO/c21-15-10-6-11-16-19(15)18-14-9-4-5-12-17(14)23-20(18)22(16)13-7-2-1-3-8-13/h1-12H. The molecule has 0 amide bonds. The number of aromatic nitrogens is 1. The Kier molecular flexibility index (Phi) is 2.67. The van der Waals surface area contributed by atoms with Gasteiger partial charge < -0.3 is 4.42 Å². The Bertz CT molecular complexity index is 1170. The highest BCUT2D eigenvalue weighted by Crippen LogP contribution is 2.41. The second kappa shape index (κ2) is 4.74. The van der Waals surface area contributed by atoms with E-state index >= 15 is 0 Å². The van der Waals surface area contributed by atoms with E-state index in [1.807, 2.05) is 30.3 Å². The lowest BCUT2D eigenvalue weighted by Gasteiger charge is -2.05. The Morgan fingerprint density at radius 3 is 2.39 bits per heavy atom. The summed E-state index contributed by atoms with van der Waals surface area (Å²) in [5, 5.41) is 3.50. The first-order chi connectivity index (χ1) is 11.3. The van der Waals surface area contributed by atoms with Crippen molar-refractivity contribution in [1.82, 2.24) is 4.57 Å². The third-order valence-electron chi connectivity index (χ3n) is 4.28. The first kappa shape index (κ1) is 13.0. The summed E-state index contributed by atoms with van der Waals surface area (Å²) in [5.74, 6) is 0. The number of nitrogens with zero attached hydrogens (tertiary/aromatic N) is 1. The van der Waals surface area contributed by atoms with Gasteiger partial charge in [-0.25, -0.2) is 0 Å². The molecule has 0 fully saturated rings. The molecule has 110 valence electrons. The van der Waals surface area contributed by atoms with Crippen molar-refractivity contribution < 1.29 is 4.42 Å². The van der Waals surface area contributed by atoms with Gasteiger partial charge in [-0.2, -0.15) is 0 Å². The van der Waals surface area contributed by atoms with E-state index in [9.17, 15) is 0 Å². The number of halogens is 1. The largest absolute Gasteiger partial charge is 0.439 e. The lowest BCUT2D eigenvalue weighted by Crippen LogP contribution is -1.92. The highest BCUT2D eigenvalue weighted by molar-refractivity contribution is 9.10. The molecule has 5 rings (SSSR count). The minimum absolute atomic E-state index is 0.888. The molecule has 2 aromatic heterocycles. The van der Waals surface area contributed by atoms with Crippen molar-refractivity contribution in [2.75, 3.05) is 0 Å². The summed E-state index contributed by atoms with van der Waals surface area (Å²) in [7, 11) is 0. The predicted octanol–water partition coefficient (Wildman–Crippen LogP) is 6.29. The molecule has 2 nitrogen and oxygen atoms in total. The van der Waals surface area contributed by atoms with Crippen molar-refractivity contribution in [3.05, 3.63) is 77.3 Å². The molecule has 0 spiro atoms. The number of hydrogen-bond acceptors (Lipinski definition) is 1. The molecule has 0 saturated carbocycles. The maximum absolute atomic E-state index is 6.22. The van der Waals surface area contributed by atoms with Crippen molar-refractivity contribution in [3.8, 4) is 5.69 Å². The molecule has 0 aliphatic rings. The van der Waals surface area contributed by atoms with E-state index in [2.05, 4.69) is 63.0 Å². The quantitative estimate of drug-likeness (QED) is 0.343. The third kappa shape index (κ3) is 1.74. The lowest BCUT2D eigenvalue weighted by molar-refractivity contribution is 0.645. The summed E-state index contributed by atoms with van der Waals surface area (Å²) in [5.41, 5.74) is 4.05. The topological polar surface area (TPSA) is 18.1 Å². The Balaban J connectivity index is 2.09. The van der Waals surface area contributed by atoms with Crippen LogP contribution in [0, 0.1) is 0 Å². The van der Waals surface area contributed by atoms with E-state index < -0.39 is 0 Å². The number of hydrogen-bond donors (Lipinski definition) is 0. The first-order valence-corrected chi connectivity index (χ1v) is 8.29. The molecule has 0 atom stereocenters. The van der Waals surface area contributed by atoms with E-state index in [0.29, 0.717) is 0 Å². The minimum atomic E-state index is 0.888. The van der Waals surface area contributed by atoms with E-state index in [1.165, 1.54) is 5.39 Å². The molecular formula is C20H12BrNO. The highest BCUT2D eigenvalue weighted by Gasteiger charge is 2.20. The molecule has 0 N–H and O–H groups in total. The fourth-order valence-electron chi connectivity index (χ4n) is 3.32. The normalized spacial score (nSPS) is 11.7. The maximum atomic E-state index is 6.22. The second-order valence-corrected chi connectivity index (χ2v) is 6.44. The van der Waals surface area contributed by atoms with Gasteiger partial charge in [0.1, 0.15) is 5.58 Å². The van der Waals surface area contributed by atoms with Gasteiger partial charge >= 0.3 is 0 Å². The summed E-state index contributed by atoms with van der Waals surface area (Å²) < 4.78 is 9.49. The van der Waals surface area contributed by atoms with Crippen LogP contribution in [0.2, 0.25) is 0 Å². The average Bonchev–Trinajstić information content (AvgIpc) is 3.10. The van der Waals surface area contributed by atoms with Crippen LogP contribution in [0.3, 0.4) is 0 Å². The van der Waals surface area contributed by atoms with Crippen molar-refractivity contribution in [2.45, 2.75) is 0 Å². The van der Waals surface area contributed by atoms with Crippen LogP contribution in [0.25, 0.3) is 38.7 Å². The van der Waals surface area contributed by atoms with E-state index in [0.717, 1.165) is 37.7 Å². The van der Waals surface area contributed by atoms with Crippen molar-refractivity contribution in [2.24, 2.45) is 0 Å². The summed E-state index contributed by atoms with van der Waals surface area (Å²) in [6, 6.07) is 24.8. The molecule has 23 heavy (non-hydrogen) atoms. The summed E-state index contributed by atoms with van der Waals surface area (Å²) >= 11 is 3.72. The Morgan fingerprint density at radius 2 is 1.52 bits per heavy atom. The van der Waals surface area contributed by atoms with Gasteiger partial charge in [0.15, 0.2) is 0 Å². The lowest BCUT2D eigenvalue weighted by atomic mass is 10.1. The Labute approximate surface area is 141 Å². The van der Waals surface area contributed by atoms with E-state index in [4.69, 9.17) is 4.42 Å². The molecule has 0 aliphatic heterocycles. The van der Waals surface area contributed by atoms with Gasteiger partial charge in [0.2, 0.25) is 5.71 Å². The molecule has 0 bridgehead atoms. The molecule has 0 aliphatic carbocycles. The molecular weight excluding hydrogens is 350 g/mol. The fraction of sp³-hybridized carbons (Fsp3) is 0.